The molecule has 2 nitrogen and oxygen atoms in total. The number of nitrogens with one attached hydrogen (secondary N) is 1. The molecule has 0 radical (unpaired) electrons. The minimum atomic E-state index is 0.202. The predicted molar refractivity (Wildman–Crippen MR) is 83.8 cm³/mol. The van der Waals surface area contributed by atoms with E-state index in [9.17, 15) is 0 Å². The lowest BCUT2D eigenvalue weighted by atomic mass is 9.37. The van der Waals surface area contributed by atoms with Crippen LogP contribution >= 0.6 is 0 Å². The first-order valence-corrected chi connectivity index (χ1v) is 7.91. The number of hydrogen-bond acceptors (Lipinski definition) is 2. The first kappa shape index (κ1) is 15.0. The van der Waals surface area contributed by atoms with Crippen molar-refractivity contribution in [3.63, 3.8) is 0 Å². The van der Waals surface area contributed by atoms with Crippen molar-refractivity contribution in [2.24, 2.45) is 33.1 Å². The molecule has 0 heterocycles. The molecule has 19 heavy (non-hydrogen) atoms. The van der Waals surface area contributed by atoms with Gasteiger partial charge in [0.15, 0.2) is 0 Å². The molecule has 0 aromatic rings. The maximum atomic E-state index is 4.67. The van der Waals surface area contributed by atoms with Crippen LogP contribution in [0, 0.1) is 28.1 Å². The largest absolute Gasteiger partial charge is 0.318 e. The van der Waals surface area contributed by atoms with Gasteiger partial charge in [0.25, 0.3) is 0 Å². The summed E-state index contributed by atoms with van der Waals surface area (Å²) < 4.78 is 0. The second kappa shape index (κ2) is 4.87. The van der Waals surface area contributed by atoms with Crippen LogP contribution < -0.4 is 5.32 Å². The van der Waals surface area contributed by atoms with Gasteiger partial charge in [-0.05, 0) is 49.0 Å². The summed E-state index contributed by atoms with van der Waals surface area (Å²) in [7, 11) is 1.99. The Hall–Kier alpha value is -0.370. The molecule has 3 aliphatic carbocycles. The summed E-state index contributed by atoms with van der Waals surface area (Å²) in [6, 6.07) is 0. The minimum absolute atomic E-state index is 0.202. The lowest BCUT2D eigenvalue weighted by Gasteiger charge is -2.68. The molecule has 0 aromatic carbocycles. The van der Waals surface area contributed by atoms with Gasteiger partial charge in [-0.25, -0.2) is 0 Å². The summed E-state index contributed by atoms with van der Waals surface area (Å²) in [5.41, 5.74) is 1.16. The molecule has 3 unspecified atom stereocenters. The highest BCUT2D eigenvalue weighted by Crippen LogP contribution is 2.69. The Balaban J connectivity index is 2.12. The average Bonchev–Trinajstić information content (AvgIpc) is 2.34. The summed E-state index contributed by atoms with van der Waals surface area (Å²) in [6.07, 6.45) is 6.47. The highest BCUT2D eigenvalue weighted by atomic mass is 14.9. The van der Waals surface area contributed by atoms with Gasteiger partial charge in [0.1, 0.15) is 0 Å². The second-order valence-corrected chi connectivity index (χ2v) is 8.12. The van der Waals surface area contributed by atoms with Gasteiger partial charge < -0.3 is 5.32 Å². The zero-order chi connectivity index (χ0) is 14.3. The first-order chi connectivity index (χ1) is 8.75. The van der Waals surface area contributed by atoms with Gasteiger partial charge in [0.05, 0.1) is 6.54 Å². The van der Waals surface area contributed by atoms with Gasteiger partial charge in [-0.15, -0.1) is 0 Å². The molecule has 3 fully saturated rings. The number of fused-ring (bicyclic) bond motifs is 2. The van der Waals surface area contributed by atoms with Gasteiger partial charge in [-0.1, -0.05) is 34.6 Å². The van der Waals surface area contributed by atoms with E-state index in [-0.39, 0.29) is 5.41 Å². The van der Waals surface area contributed by atoms with Crippen molar-refractivity contribution in [1.82, 2.24) is 5.32 Å². The molecule has 0 spiro atoms. The molecule has 2 heteroatoms. The lowest BCUT2D eigenvalue weighted by Crippen LogP contribution is -2.61. The van der Waals surface area contributed by atoms with Crippen molar-refractivity contribution >= 4 is 6.21 Å². The highest BCUT2D eigenvalue weighted by Gasteiger charge is 2.62. The Bertz CT molecular complexity index is 354. The van der Waals surface area contributed by atoms with Gasteiger partial charge in [0, 0.05) is 18.2 Å². The van der Waals surface area contributed by atoms with Gasteiger partial charge in [0.2, 0.25) is 0 Å². The molecule has 3 aliphatic rings. The maximum absolute atomic E-state index is 4.67. The van der Waals surface area contributed by atoms with E-state index in [2.05, 4.69) is 51.1 Å². The van der Waals surface area contributed by atoms with Crippen molar-refractivity contribution in [3.8, 4) is 0 Å². The molecule has 110 valence electrons. The number of likely N-dealkylation sites (N-methyl/N-ethyl adjacent to an activating group) is 1. The van der Waals surface area contributed by atoms with Gasteiger partial charge >= 0.3 is 0 Å². The van der Waals surface area contributed by atoms with Gasteiger partial charge in [-0.3, -0.25) is 4.99 Å². The van der Waals surface area contributed by atoms with E-state index in [0.717, 1.165) is 24.9 Å². The van der Waals surface area contributed by atoms with Crippen molar-refractivity contribution in [2.45, 2.75) is 53.9 Å². The fourth-order valence-electron chi connectivity index (χ4n) is 4.62. The van der Waals surface area contributed by atoms with Crippen molar-refractivity contribution in [1.29, 1.82) is 0 Å². The Morgan fingerprint density at radius 3 is 2.53 bits per heavy atom. The van der Waals surface area contributed by atoms with Crippen LogP contribution in [-0.4, -0.2) is 26.4 Å². The summed E-state index contributed by atoms with van der Waals surface area (Å²) >= 11 is 0. The summed E-state index contributed by atoms with van der Waals surface area (Å²) in [5.74, 6) is 1.84. The quantitative estimate of drug-likeness (QED) is 0.593. The van der Waals surface area contributed by atoms with Crippen LogP contribution in [0.4, 0.5) is 0 Å². The molecule has 0 saturated heterocycles. The van der Waals surface area contributed by atoms with E-state index in [0.29, 0.717) is 10.8 Å². The third-order valence-corrected chi connectivity index (χ3v) is 6.63. The normalized spacial score (nSPS) is 37.4. The summed E-state index contributed by atoms with van der Waals surface area (Å²) in [4.78, 5) is 4.67. The smallest absolute Gasteiger partial charge is 0.0510 e. The average molecular weight is 264 g/mol. The Kier molecular flexibility index (Phi) is 3.85. The van der Waals surface area contributed by atoms with E-state index in [4.69, 9.17) is 0 Å². The molecule has 0 aliphatic heterocycles. The molecule has 2 bridgehead atoms. The Labute approximate surface area is 119 Å². The molecule has 3 rings (SSSR count). The van der Waals surface area contributed by atoms with Crippen LogP contribution in [0.2, 0.25) is 0 Å². The number of aliphatic imine (C=N–C) groups is 1. The monoisotopic (exact) mass is 264 g/mol. The van der Waals surface area contributed by atoms with Crippen LogP contribution in [0.3, 0.4) is 0 Å². The van der Waals surface area contributed by atoms with Gasteiger partial charge in [-0.2, -0.15) is 0 Å². The van der Waals surface area contributed by atoms with Crippen LogP contribution in [0.5, 0.6) is 0 Å². The van der Waals surface area contributed by atoms with Crippen LogP contribution in [0.25, 0.3) is 0 Å². The van der Waals surface area contributed by atoms with E-state index >= 15 is 0 Å². The maximum Gasteiger partial charge on any atom is 0.0510 e. The van der Waals surface area contributed by atoms with Crippen molar-refractivity contribution in [3.05, 3.63) is 0 Å². The topological polar surface area (TPSA) is 24.4 Å². The number of nitrogens with zero attached hydrogens (tertiary/aromatic N) is 1. The molecule has 1 N–H and O–H groups in total. The molecular formula is C17H32N2. The standard InChI is InChI=1S/C17H32N2/c1-15(2,12-19-10-9-18-6)17(5)8-7-13-11-14(17)16(13,3)4/h12-14,18H,7-11H2,1-6H3. The fraction of sp³-hybridized carbons (Fsp3) is 0.941. The minimum Gasteiger partial charge on any atom is -0.318 e. The molecule has 3 saturated carbocycles. The Morgan fingerprint density at radius 1 is 1.32 bits per heavy atom. The zero-order valence-electron chi connectivity index (χ0n) is 13.7. The van der Waals surface area contributed by atoms with Crippen LogP contribution in [0.15, 0.2) is 4.99 Å². The second-order valence-electron chi connectivity index (χ2n) is 8.12. The van der Waals surface area contributed by atoms with E-state index in [1.807, 2.05) is 7.05 Å². The summed E-state index contributed by atoms with van der Waals surface area (Å²) in [6.45, 7) is 14.1. The first-order valence-electron chi connectivity index (χ1n) is 7.91. The zero-order valence-corrected chi connectivity index (χ0v) is 13.7. The molecule has 0 amide bonds. The van der Waals surface area contributed by atoms with E-state index < -0.39 is 0 Å². The molecule has 3 atom stereocenters. The fourth-order valence-corrected chi connectivity index (χ4v) is 4.62. The SMILES string of the molecule is CNCCN=CC(C)(C)C1(C)CCC2CC1C2(C)C. The number of hydrogen-bond donors (Lipinski definition) is 1. The Morgan fingerprint density at radius 2 is 2.00 bits per heavy atom. The highest BCUT2D eigenvalue weighted by molar-refractivity contribution is 5.66. The third-order valence-electron chi connectivity index (χ3n) is 6.63. The summed E-state index contributed by atoms with van der Waals surface area (Å²) in [5, 5.41) is 3.16. The van der Waals surface area contributed by atoms with Crippen LogP contribution in [0.1, 0.15) is 53.9 Å². The molecular weight excluding hydrogens is 232 g/mol. The predicted octanol–water partition coefficient (Wildman–Crippen LogP) is 3.77. The van der Waals surface area contributed by atoms with E-state index in [1.54, 1.807) is 0 Å². The van der Waals surface area contributed by atoms with E-state index in [1.165, 1.54) is 19.3 Å². The van der Waals surface area contributed by atoms with Crippen molar-refractivity contribution < 1.29 is 0 Å². The molecule has 0 aromatic heterocycles. The lowest BCUT2D eigenvalue weighted by molar-refractivity contribution is -0.177. The van der Waals surface area contributed by atoms with Crippen molar-refractivity contribution in [2.75, 3.05) is 20.1 Å². The third kappa shape index (κ3) is 2.26. The number of rotatable bonds is 5. The van der Waals surface area contributed by atoms with Crippen LogP contribution in [-0.2, 0) is 0 Å².